The number of anilines is 1. The van der Waals surface area contributed by atoms with E-state index in [0.717, 1.165) is 10.8 Å². The van der Waals surface area contributed by atoms with Crippen LogP contribution < -0.4 is 11.1 Å². The van der Waals surface area contributed by atoms with Crippen LogP contribution in [0.1, 0.15) is 37.0 Å². The maximum atomic E-state index is 12.4. The molecule has 0 radical (unpaired) electrons. The van der Waals surface area contributed by atoms with Crippen molar-refractivity contribution < 1.29 is 14.7 Å². The second-order valence-electron chi connectivity index (χ2n) is 6.03. The molecule has 4 N–H and O–H groups in total. The number of nitrogens with two attached hydrogens (primary N) is 1. The second kappa shape index (κ2) is 6.42. The number of hydrogen-bond acceptors (Lipinski definition) is 4. The van der Waals surface area contributed by atoms with E-state index >= 15 is 0 Å². The van der Waals surface area contributed by atoms with Crippen LogP contribution in [0.2, 0.25) is 5.02 Å². The van der Waals surface area contributed by atoms with Gasteiger partial charge < -0.3 is 16.2 Å². The van der Waals surface area contributed by atoms with E-state index in [1.807, 2.05) is 0 Å². The predicted octanol–water partition coefficient (Wildman–Crippen LogP) is 3.48. The number of amides is 1. The highest BCUT2D eigenvalue weighted by molar-refractivity contribution is 6.36. The Kier molecular flexibility index (Phi) is 4.75. The largest absolute Gasteiger partial charge is 0.465 e. The summed E-state index contributed by atoms with van der Waals surface area (Å²) in [5.41, 5.74) is 5.45. The van der Waals surface area contributed by atoms with Crippen molar-refractivity contribution >= 4 is 40.1 Å². The minimum absolute atomic E-state index is 0.107. The lowest BCUT2D eigenvalue weighted by molar-refractivity contribution is 0.0967. The molecule has 1 aromatic heterocycles. The van der Waals surface area contributed by atoms with Gasteiger partial charge in [0.2, 0.25) is 0 Å². The lowest BCUT2D eigenvalue weighted by Gasteiger charge is -2.24. The minimum atomic E-state index is -1.11. The average Bonchev–Trinajstić information content (AvgIpc) is 2.42. The lowest BCUT2D eigenvalue weighted by Crippen LogP contribution is -2.42. The first kappa shape index (κ1) is 17.0. The summed E-state index contributed by atoms with van der Waals surface area (Å²) in [5.74, 6) is 0.245. The number of carbonyl (C=O) groups is 2. The van der Waals surface area contributed by atoms with E-state index in [0.29, 0.717) is 22.8 Å². The third-order valence-electron chi connectivity index (χ3n) is 3.55. The number of Topliss-reactive ketones (excluding diaryl/α,β-unsaturated/α-hetero) is 1. The van der Waals surface area contributed by atoms with E-state index in [1.54, 1.807) is 38.2 Å². The highest BCUT2D eigenvalue weighted by Crippen LogP contribution is 2.27. The van der Waals surface area contributed by atoms with Crippen molar-refractivity contribution in [3.05, 3.63) is 35.0 Å². The van der Waals surface area contributed by atoms with Crippen molar-refractivity contribution in [1.29, 1.82) is 0 Å². The molecular weight excluding hydrogens is 318 g/mol. The molecule has 0 atom stereocenters. The van der Waals surface area contributed by atoms with E-state index in [-0.39, 0.29) is 12.2 Å². The number of aromatic nitrogens is 1. The van der Waals surface area contributed by atoms with Gasteiger partial charge >= 0.3 is 6.09 Å². The number of carbonyl (C=O) groups excluding carboxylic acids is 1. The molecule has 0 fully saturated rings. The van der Waals surface area contributed by atoms with Crippen molar-refractivity contribution in [2.45, 2.75) is 32.2 Å². The van der Waals surface area contributed by atoms with Gasteiger partial charge in [0.15, 0.2) is 5.78 Å². The van der Waals surface area contributed by atoms with Gasteiger partial charge in [0, 0.05) is 29.1 Å². The van der Waals surface area contributed by atoms with Crippen LogP contribution in [-0.2, 0) is 0 Å². The zero-order valence-corrected chi connectivity index (χ0v) is 13.6. The van der Waals surface area contributed by atoms with Crippen molar-refractivity contribution in [3.8, 4) is 0 Å². The molecule has 1 heterocycles. The van der Waals surface area contributed by atoms with E-state index in [9.17, 15) is 9.59 Å². The van der Waals surface area contributed by atoms with Crippen LogP contribution in [-0.4, -0.2) is 27.5 Å². The molecule has 0 spiro atoms. The molecule has 7 heteroatoms. The third kappa shape index (κ3) is 4.32. The van der Waals surface area contributed by atoms with Gasteiger partial charge in [-0.3, -0.25) is 4.79 Å². The number of fused-ring (bicyclic) bond motifs is 1. The van der Waals surface area contributed by atoms with Crippen LogP contribution in [0.25, 0.3) is 10.8 Å². The van der Waals surface area contributed by atoms with Crippen molar-refractivity contribution in [3.63, 3.8) is 0 Å². The summed E-state index contributed by atoms with van der Waals surface area (Å²) < 4.78 is 0. The van der Waals surface area contributed by atoms with E-state index in [4.69, 9.17) is 22.4 Å². The number of ketones is 1. The smallest absolute Gasteiger partial charge is 0.405 e. The normalized spacial score (nSPS) is 11.4. The Hall–Kier alpha value is -2.34. The molecule has 2 aromatic rings. The van der Waals surface area contributed by atoms with Crippen LogP contribution in [0.5, 0.6) is 0 Å². The van der Waals surface area contributed by atoms with Crippen LogP contribution in [0.4, 0.5) is 10.6 Å². The lowest BCUT2D eigenvalue weighted by atomic mass is 9.94. The Morgan fingerprint density at radius 2 is 2.04 bits per heavy atom. The number of nitrogens with one attached hydrogen (secondary N) is 1. The van der Waals surface area contributed by atoms with Crippen LogP contribution >= 0.6 is 11.6 Å². The molecule has 6 nitrogen and oxygen atoms in total. The molecule has 0 saturated heterocycles. The minimum Gasteiger partial charge on any atom is -0.465 e. The Labute approximate surface area is 138 Å². The number of benzene rings is 1. The Morgan fingerprint density at radius 1 is 1.35 bits per heavy atom. The standard InChI is InChI=1S/C16H18ClN3O3/c1-16(2,20-15(22)23)4-3-13(21)10-5-9-7-14(18)19-8-11(9)12(17)6-10/h5-8,20H,3-4H2,1-2H3,(H2,18,19)(H,22,23). The monoisotopic (exact) mass is 335 g/mol. The zero-order chi connectivity index (χ0) is 17.2. The zero-order valence-electron chi connectivity index (χ0n) is 12.9. The Bertz CT molecular complexity index is 774. The van der Waals surface area contributed by atoms with Gasteiger partial charge in [-0.05, 0) is 43.9 Å². The van der Waals surface area contributed by atoms with E-state index in [2.05, 4.69) is 10.3 Å². The van der Waals surface area contributed by atoms with Crippen LogP contribution in [0, 0.1) is 0 Å². The first-order valence-electron chi connectivity index (χ1n) is 7.07. The summed E-state index contributed by atoms with van der Waals surface area (Å²) >= 11 is 6.19. The maximum absolute atomic E-state index is 12.4. The van der Waals surface area contributed by atoms with Gasteiger partial charge in [-0.25, -0.2) is 9.78 Å². The summed E-state index contributed by atoms with van der Waals surface area (Å²) in [6, 6.07) is 4.98. The molecule has 2 rings (SSSR count). The summed E-state index contributed by atoms with van der Waals surface area (Å²) in [6.45, 7) is 3.46. The molecule has 0 bridgehead atoms. The first-order valence-corrected chi connectivity index (χ1v) is 7.45. The van der Waals surface area contributed by atoms with Crippen molar-refractivity contribution in [2.24, 2.45) is 0 Å². The molecule has 0 aliphatic carbocycles. The highest BCUT2D eigenvalue weighted by atomic mass is 35.5. The molecular formula is C16H18ClN3O3. The fourth-order valence-corrected chi connectivity index (χ4v) is 2.59. The second-order valence-corrected chi connectivity index (χ2v) is 6.43. The van der Waals surface area contributed by atoms with Crippen molar-refractivity contribution in [2.75, 3.05) is 5.73 Å². The number of pyridine rings is 1. The number of hydrogen-bond donors (Lipinski definition) is 3. The third-order valence-corrected chi connectivity index (χ3v) is 3.86. The fourth-order valence-electron chi connectivity index (χ4n) is 2.31. The molecule has 0 unspecified atom stereocenters. The van der Waals surface area contributed by atoms with Crippen molar-refractivity contribution in [1.82, 2.24) is 10.3 Å². The Balaban J connectivity index is 2.19. The SMILES string of the molecule is CC(C)(CCC(=O)c1cc(Cl)c2cnc(N)cc2c1)NC(=O)O. The summed E-state index contributed by atoms with van der Waals surface area (Å²) in [5, 5.41) is 13.1. The molecule has 0 aliphatic rings. The van der Waals surface area contributed by atoms with Crippen LogP contribution in [0.15, 0.2) is 24.4 Å². The van der Waals surface area contributed by atoms with Gasteiger partial charge in [0.05, 0.1) is 5.02 Å². The maximum Gasteiger partial charge on any atom is 0.405 e. The first-order chi connectivity index (χ1) is 10.7. The summed E-state index contributed by atoms with van der Waals surface area (Å²) in [6.07, 6.45) is 1.04. The molecule has 1 amide bonds. The molecule has 23 heavy (non-hydrogen) atoms. The highest BCUT2D eigenvalue weighted by Gasteiger charge is 2.22. The number of carboxylic acid groups (broad SMARTS) is 1. The average molecular weight is 336 g/mol. The molecule has 0 aliphatic heterocycles. The van der Waals surface area contributed by atoms with Crippen LogP contribution in [0.3, 0.4) is 0 Å². The number of nitrogens with zero attached hydrogens (tertiary/aromatic N) is 1. The summed E-state index contributed by atoms with van der Waals surface area (Å²) in [4.78, 5) is 27.1. The van der Waals surface area contributed by atoms with Gasteiger partial charge in [0.25, 0.3) is 0 Å². The molecule has 0 saturated carbocycles. The van der Waals surface area contributed by atoms with E-state index < -0.39 is 11.6 Å². The Morgan fingerprint density at radius 3 is 2.70 bits per heavy atom. The van der Waals surface area contributed by atoms with Gasteiger partial charge in [-0.15, -0.1) is 0 Å². The topological polar surface area (TPSA) is 105 Å². The number of rotatable bonds is 5. The molecule has 122 valence electrons. The fraction of sp³-hybridized carbons (Fsp3) is 0.312. The molecule has 1 aromatic carbocycles. The van der Waals surface area contributed by atoms with E-state index in [1.165, 1.54) is 0 Å². The predicted molar refractivity (Wildman–Crippen MR) is 90.0 cm³/mol. The van der Waals surface area contributed by atoms with Gasteiger partial charge in [-0.2, -0.15) is 0 Å². The van der Waals surface area contributed by atoms with Gasteiger partial charge in [-0.1, -0.05) is 11.6 Å². The summed E-state index contributed by atoms with van der Waals surface area (Å²) in [7, 11) is 0. The van der Waals surface area contributed by atoms with Gasteiger partial charge in [0.1, 0.15) is 5.82 Å². The quantitative estimate of drug-likeness (QED) is 0.725. The number of halogens is 1. The number of nitrogen functional groups attached to an aromatic ring is 1.